The number of carbonyl (C=O) groups is 1. The van der Waals surface area contributed by atoms with Gasteiger partial charge in [-0.3, -0.25) is 4.79 Å². The van der Waals surface area contributed by atoms with Crippen LogP contribution < -0.4 is 0 Å². The summed E-state index contributed by atoms with van der Waals surface area (Å²) < 4.78 is 2.15. The SMILES string of the molecule is O=C(O)CCn1c(C2C3CCCC32)nc2ccccc21. The number of carboxylic acids is 1. The lowest BCUT2D eigenvalue weighted by Gasteiger charge is -2.09. The summed E-state index contributed by atoms with van der Waals surface area (Å²) in [6.45, 7) is 0.529. The molecule has 0 aliphatic heterocycles. The van der Waals surface area contributed by atoms with Gasteiger partial charge >= 0.3 is 5.97 Å². The molecular weight excluding hydrogens is 252 g/mol. The lowest BCUT2D eigenvalue weighted by atomic mass is 10.1. The number of rotatable bonds is 4. The maximum atomic E-state index is 10.9. The van der Waals surface area contributed by atoms with Crippen molar-refractivity contribution in [3.63, 3.8) is 0 Å². The van der Waals surface area contributed by atoms with Crippen molar-refractivity contribution in [3.05, 3.63) is 30.1 Å². The van der Waals surface area contributed by atoms with Crippen LogP contribution in [0.15, 0.2) is 24.3 Å². The van der Waals surface area contributed by atoms with Crippen molar-refractivity contribution >= 4 is 17.0 Å². The first-order chi connectivity index (χ1) is 9.75. The van der Waals surface area contributed by atoms with Gasteiger partial charge < -0.3 is 9.67 Å². The van der Waals surface area contributed by atoms with Crippen molar-refractivity contribution in [1.29, 1.82) is 0 Å². The molecule has 2 unspecified atom stereocenters. The van der Waals surface area contributed by atoms with Crippen LogP contribution in [0.3, 0.4) is 0 Å². The minimum Gasteiger partial charge on any atom is -0.481 e. The number of para-hydroxylation sites is 2. The number of aryl methyl sites for hydroxylation is 1. The molecule has 2 fully saturated rings. The van der Waals surface area contributed by atoms with Gasteiger partial charge in [0.1, 0.15) is 5.82 Å². The molecule has 20 heavy (non-hydrogen) atoms. The van der Waals surface area contributed by atoms with Crippen molar-refractivity contribution in [3.8, 4) is 0 Å². The highest BCUT2D eigenvalue weighted by Crippen LogP contribution is 2.62. The fraction of sp³-hybridized carbons (Fsp3) is 0.500. The second-order valence-corrected chi connectivity index (χ2v) is 6.04. The molecular formula is C16H18N2O2. The average molecular weight is 270 g/mol. The van der Waals surface area contributed by atoms with Crippen LogP contribution >= 0.6 is 0 Å². The van der Waals surface area contributed by atoms with Crippen molar-refractivity contribution in [2.24, 2.45) is 11.8 Å². The van der Waals surface area contributed by atoms with Crippen molar-refractivity contribution < 1.29 is 9.90 Å². The molecule has 1 aromatic carbocycles. The Labute approximate surface area is 117 Å². The van der Waals surface area contributed by atoms with Gasteiger partial charge in [-0.05, 0) is 36.8 Å². The minimum atomic E-state index is -0.746. The zero-order valence-corrected chi connectivity index (χ0v) is 11.3. The minimum absolute atomic E-state index is 0.162. The molecule has 1 aromatic heterocycles. The van der Waals surface area contributed by atoms with Gasteiger partial charge in [0.2, 0.25) is 0 Å². The standard InChI is InChI=1S/C16H18N2O2/c19-14(20)8-9-18-13-7-2-1-6-12(13)17-16(18)15-10-4-3-5-11(10)15/h1-2,6-7,10-11,15H,3-5,8-9H2,(H,19,20). The average Bonchev–Trinajstić information content (AvgIpc) is 2.82. The third-order valence-electron chi connectivity index (χ3n) is 4.94. The molecule has 0 bridgehead atoms. The van der Waals surface area contributed by atoms with Gasteiger partial charge in [-0.15, -0.1) is 0 Å². The van der Waals surface area contributed by atoms with Crippen LogP contribution in [0.25, 0.3) is 11.0 Å². The molecule has 104 valence electrons. The second-order valence-electron chi connectivity index (χ2n) is 6.04. The van der Waals surface area contributed by atoms with E-state index in [1.165, 1.54) is 19.3 Å². The van der Waals surface area contributed by atoms with Crippen LogP contribution in [-0.4, -0.2) is 20.6 Å². The van der Waals surface area contributed by atoms with E-state index in [0.717, 1.165) is 28.7 Å². The molecule has 0 amide bonds. The highest BCUT2D eigenvalue weighted by molar-refractivity contribution is 5.76. The summed E-state index contributed by atoms with van der Waals surface area (Å²) >= 11 is 0. The van der Waals surface area contributed by atoms with Gasteiger partial charge in [0.25, 0.3) is 0 Å². The first-order valence-corrected chi connectivity index (χ1v) is 7.42. The van der Waals surface area contributed by atoms with Gasteiger partial charge in [0, 0.05) is 12.5 Å². The van der Waals surface area contributed by atoms with Gasteiger partial charge in [0.05, 0.1) is 17.5 Å². The number of aliphatic carboxylic acids is 1. The van der Waals surface area contributed by atoms with Gasteiger partial charge in [-0.25, -0.2) is 4.98 Å². The van der Waals surface area contributed by atoms with Crippen LogP contribution in [0.2, 0.25) is 0 Å². The molecule has 0 spiro atoms. The van der Waals surface area contributed by atoms with Crippen LogP contribution in [0.1, 0.15) is 37.4 Å². The Morgan fingerprint density at radius 3 is 2.80 bits per heavy atom. The predicted molar refractivity (Wildman–Crippen MR) is 75.6 cm³/mol. The summed E-state index contributed by atoms with van der Waals surface area (Å²) in [5, 5.41) is 8.96. The maximum Gasteiger partial charge on any atom is 0.305 e. The second kappa shape index (κ2) is 4.33. The number of imidazole rings is 1. The van der Waals surface area contributed by atoms with Gasteiger partial charge in [-0.2, -0.15) is 0 Å². The number of benzene rings is 1. The number of aromatic nitrogens is 2. The molecule has 4 rings (SSSR count). The Bertz CT molecular complexity index is 666. The third kappa shape index (κ3) is 1.74. The van der Waals surface area contributed by atoms with Crippen molar-refractivity contribution in [1.82, 2.24) is 9.55 Å². The van der Waals surface area contributed by atoms with Gasteiger partial charge in [0.15, 0.2) is 0 Å². The summed E-state index contributed by atoms with van der Waals surface area (Å²) in [6.07, 6.45) is 4.14. The predicted octanol–water partition coefficient (Wildman–Crippen LogP) is 3.02. The smallest absolute Gasteiger partial charge is 0.305 e. The van der Waals surface area contributed by atoms with E-state index in [4.69, 9.17) is 10.1 Å². The van der Waals surface area contributed by atoms with Crippen LogP contribution in [0.4, 0.5) is 0 Å². The number of fused-ring (bicyclic) bond motifs is 2. The van der Waals surface area contributed by atoms with E-state index in [1.54, 1.807) is 0 Å². The van der Waals surface area contributed by atoms with E-state index in [0.29, 0.717) is 12.5 Å². The molecule has 2 aliphatic carbocycles. The van der Waals surface area contributed by atoms with E-state index in [1.807, 2.05) is 24.3 Å². The highest BCUT2D eigenvalue weighted by atomic mass is 16.4. The first kappa shape index (κ1) is 11.9. The van der Waals surface area contributed by atoms with Crippen LogP contribution in [0, 0.1) is 11.8 Å². The normalized spacial score (nSPS) is 27.7. The molecule has 4 nitrogen and oxygen atoms in total. The molecule has 0 saturated heterocycles. The Balaban J connectivity index is 1.74. The fourth-order valence-corrected chi connectivity index (χ4v) is 4.00. The molecule has 2 aromatic rings. The van der Waals surface area contributed by atoms with Crippen LogP contribution in [-0.2, 0) is 11.3 Å². The quantitative estimate of drug-likeness (QED) is 0.929. The molecule has 1 N–H and O–H groups in total. The first-order valence-electron chi connectivity index (χ1n) is 7.42. The van der Waals surface area contributed by atoms with E-state index in [-0.39, 0.29) is 6.42 Å². The molecule has 4 heteroatoms. The van der Waals surface area contributed by atoms with Crippen molar-refractivity contribution in [2.45, 2.75) is 38.1 Å². The number of hydrogen-bond acceptors (Lipinski definition) is 2. The topological polar surface area (TPSA) is 55.1 Å². The van der Waals surface area contributed by atoms with Crippen LogP contribution in [0.5, 0.6) is 0 Å². The Morgan fingerprint density at radius 2 is 2.05 bits per heavy atom. The Kier molecular flexibility index (Phi) is 2.59. The van der Waals surface area contributed by atoms with Crippen molar-refractivity contribution in [2.75, 3.05) is 0 Å². The summed E-state index contributed by atoms with van der Waals surface area (Å²) in [5.74, 6) is 2.56. The Morgan fingerprint density at radius 1 is 1.30 bits per heavy atom. The largest absolute Gasteiger partial charge is 0.481 e. The summed E-state index contributed by atoms with van der Waals surface area (Å²) in [4.78, 5) is 15.7. The summed E-state index contributed by atoms with van der Waals surface area (Å²) in [5.41, 5.74) is 2.08. The van der Waals surface area contributed by atoms with E-state index in [9.17, 15) is 4.79 Å². The molecule has 2 aliphatic rings. The number of hydrogen-bond donors (Lipinski definition) is 1. The van der Waals surface area contributed by atoms with Gasteiger partial charge in [-0.1, -0.05) is 18.6 Å². The molecule has 2 atom stereocenters. The zero-order valence-electron chi connectivity index (χ0n) is 11.3. The highest BCUT2D eigenvalue weighted by Gasteiger charge is 2.55. The zero-order chi connectivity index (χ0) is 13.7. The lowest BCUT2D eigenvalue weighted by Crippen LogP contribution is -2.08. The third-order valence-corrected chi connectivity index (χ3v) is 4.94. The Hall–Kier alpha value is -1.84. The molecule has 2 saturated carbocycles. The summed E-state index contributed by atoms with van der Waals surface area (Å²) in [6, 6.07) is 8.06. The van der Waals surface area contributed by atoms with E-state index >= 15 is 0 Å². The molecule has 1 heterocycles. The summed E-state index contributed by atoms with van der Waals surface area (Å²) in [7, 11) is 0. The lowest BCUT2D eigenvalue weighted by molar-refractivity contribution is -0.137. The number of nitrogens with zero attached hydrogens (tertiary/aromatic N) is 2. The van der Waals surface area contributed by atoms with E-state index < -0.39 is 5.97 Å². The van der Waals surface area contributed by atoms with E-state index in [2.05, 4.69) is 4.57 Å². The maximum absolute atomic E-state index is 10.9. The molecule has 0 radical (unpaired) electrons. The monoisotopic (exact) mass is 270 g/mol. The number of carboxylic acid groups (broad SMARTS) is 1. The fourth-order valence-electron chi connectivity index (χ4n) is 4.00.